The van der Waals surface area contributed by atoms with Crippen molar-refractivity contribution < 1.29 is 9.59 Å². The molecule has 0 spiro atoms. The van der Waals surface area contributed by atoms with Crippen molar-refractivity contribution in [3.05, 3.63) is 59.9 Å². The largest absolute Gasteiger partial charge is 0.348 e. The van der Waals surface area contributed by atoms with Crippen LogP contribution in [0.4, 0.5) is 0 Å². The molecular formula is C23H28N4O2. The van der Waals surface area contributed by atoms with Gasteiger partial charge in [0.15, 0.2) is 0 Å². The van der Waals surface area contributed by atoms with Gasteiger partial charge in [0, 0.05) is 57.1 Å². The molecule has 1 aromatic heterocycles. The van der Waals surface area contributed by atoms with Gasteiger partial charge in [-0.05, 0) is 30.5 Å². The molecule has 1 aromatic carbocycles. The molecule has 1 unspecified atom stereocenters. The average molecular weight is 393 g/mol. The molecule has 29 heavy (non-hydrogen) atoms. The molecule has 0 radical (unpaired) electrons. The minimum atomic E-state index is 0.0987. The van der Waals surface area contributed by atoms with Crippen molar-refractivity contribution in [3.8, 4) is 0 Å². The lowest BCUT2D eigenvalue weighted by atomic mass is 10.00. The van der Waals surface area contributed by atoms with Crippen LogP contribution >= 0.6 is 0 Å². The minimum absolute atomic E-state index is 0.0987. The first-order valence-electron chi connectivity index (χ1n) is 10.7. The Hall–Kier alpha value is -2.60. The van der Waals surface area contributed by atoms with Crippen LogP contribution in [0.15, 0.2) is 48.7 Å². The van der Waals surface area contributed by atoms with Crippen LogP contribution in [0.1, 0.15) is 30.1 Å². The van der Waals surface area contributed by atoms with Crippen LogP contribution in [-0.2, 0) is 16.1 Å². The molecule has 5 rings (SSSR count). The molecule has 152 valence electrons. The fourth-order valence-electron chi connectivity index (χ4n) is 4.66. The molecule has 2 amide bonds. The van der Waals surface area contributed by atoms with Crippen molar-refractivity contribution in [1.82, 2.24) is 19.3 Å². The molecule has 2 fully saturated rings. The summed E-state index contributed by atoms with van der Waals surface area (Å²) in [5.74, 6) is 0.718. The molecule has 1 saturated heterocycles. The zero-order valence-electron chi connectivity index (χ0n) is 16.7. The van der Waals surface area contributed by atoms with Gasteiger partial charge in [0.2, 0.25) is 11.8 Å². The third kappa shape index (κ3) is 3.69. The molecule has 1 aliphatic carbocycles. The monoisotopic (exact) mass is 392 g/mol. The van der Waals surface area contributed by atoms with E-state index >= 15 is 0 Å². The summed E-state index contributed by atoms with van der Waals surface area (Å²) in [7, 11) is 0. The summed E-state index contributed by atoms with van der Waals surface area (Å²) in [5, 5.41) is 0. The van der Waals surface area contributed by atoms with Crippen molar-refractivity contribution in [2.24, 2.45) is 5.92 Å². The minimum Gasteiger partial charge on any atom is -0.348 e. The number of carbonyl (C=O) groups excluding carboxylic acids is 2. The summed E-state index contributed by atoms with van der Waals surface area (Å²) in [5.41, 5.74) is 2.47. The van der Waals surface area contributed by atoms with E-state index in [2.05, 4.69) is 52.1 Å². The standard InChI is InChI=1S/C23H28N4O2/c28-21(25-12-14-26(15-13-25)23(29)19-8-9-19)17-27-16-11-24-10-4-7-20(24)22(27)18-5-2-1-3-6-18/h1-7,10,19,22H,8-9,11-17H2. The molecule has 3 heterocycles. The lowest BCUT2D eigenvalue weighted by molar-refractivity contribution is -0.141. The highest BCUT2D eigenvalue weighted by molar-refractivity contribution is 5.82. The Morgan fingerprint density at radius 1 is 0.828 bits per heavy atom. The lowest BCUT2D eigenvalue weighted by Crippen LogP contribution is -2.53. The Morgan fingerprint density at radius 2 is 1.55 bits per heavy atom. The number of fused-ring (bicyclic) bond motifs is 1. The molecule has 6 nitrogen and oxygen atoms in total. The summed E-state index contributed by atoms with van der Waals surface area (Å²) < 4.78 is 2.29. The van der Waals surface area contributed by atoms with Crippen molar-refractivity contribution in [3.63, 3.8) is 0 Å². The summed E-state index contributed by atoms with van der Waals surface area (Å²) in [6.07, 6.45) is 4.20. The summed E-state index contributed by atoms with van der Waals surface area (Å²) in [4.78, 5) is 31.5. The maximum absolute atomic E-state index is 13.1. The highest BCUT2D eigenvalue weighted by Gasteiger charge is 2.36. The molecular weight excluding hydrogens is 364 g/mol. The van der Waals surface area contributed by atoms with Crippen LogP contribution in [0.3, 0.4) is 0 Å². The predicted molar refractivity (Wildman–Crippen MR) is 110 cm³/mol. The van der Waals surface area contributed by atoms with Gasteiger partial charge in [-0.2, -0.15) is 0 Å². The molecule has 3 aliphatic rings. The molecule has 0 bridgehead atoms. The third-order valence-corrected chi connectivity index (χ3v) is 6.46. The van der Waals surface area contributed by atoms with Gasteiger partial charge in [0.05, 0.1) is 12.6 Å². The maximum Gasteiger partial charge on any atom is 0.236 e. The number of rotatable bonds is 4. The van der Waals surface area contributed by atoms with Gasteiger partial charge >= 0.3 is 0 Å². The van der Waals surface area contributed by atoms with E-state index in [1.807, 2.05) is 15.9 Å². The molecule has 1 saturated carbocycles. The number of amides is 2. The van der Waals surface area contributed by atoms with Crippen LogP contribution in [0.2, 0.25) is 0 Å². The normalized spacial score (nSPS) is 22.4. The number of aromatic nitrogens is 1. The summed E-state index contributed by atoms with van der Waals surface area (Å²) >= 11 is 0. The van der Waals surface area contributed by atoms with E-state index in [1.165, 1.54) is 11.3 Å². The first-order valence-corrected chi connectivity index (χ1v) is 10.7. The van der Waals surface area contributed by atoms with Gasteiger partial charge in [0.25, 0.3) is 0 Å². The van der Waals surface area contributed by atoms with Crippen LogP contribution in [0.5, 0.6) is 0 Å². The van der Waals surface area contributed by atoms with E-state index in [1.54, 1.807) is 0 Å². The van der Waals surface area contributed by atoms with Crippen LogP contribution in [0.25, 0.3) is 0 Å². The number of carbonyl (C=O) groups is 2. The zero-order chi connectivity index (χ0) is 19.8. The van der Waals surface area contributed by atoms with Crippen molar-refractivity contribution >= 4 is 11.8 Å². The van der Waals surface area contributed by atoms with Gasteiger partial charge in [-0.1, -0.05) is 30.3 Å². The van der Waals surface area contributed by atoms with E-state index < -0.39 is 0 Å². The second-order valence-electron chi connectivity index (χ2n) is 8.39. The van der Waals surface area contributed by atoms with Crippen molar-refractivity contribution in [2.45, 2.75) is 25.4 Å². The zero-order valence-corrected chi connectivity index (χ0v) is 16.7. The molecule has 0 N–H and O–H groups in total. The Kier molecular flexibility index (Phi) is 4.87. The summed E-state index contributed by atoms with van der Waals surface area (Å²) in [6, 6.07) is 14.8. The van der Waals surface area contributed by atoms with Gasteiger partial charge in [0.1, 0.15) is 0 Å². The summed E-state index contributed by atoms with van der Waals surface area (Å²) in [6.45, 7) is 4.82. The molecule has 2 aromatic rings. The molecule has 1 atom stereocenters. The van der Waals surface area contributed by atoms with Gasteiger partial charge in [-0.3, -0.25) is 14.5 Å². The highest BCUT2D eigenvalue weighted by atomic mass is 16.2. The number of piperazine rings is 1. The average Bonchev–Trinajstić information content (AvgIpc) is 3.51. The van der Waals surface area contributed by atoms with Crippen molar-refractivity contribution in [2.75, 3.05) is 39.3 Å². The Morgan fingerprint density at radius 3 is 2.28 bits per heavy atom. The Balaban J connectivity index is 1.27. The fourth-order valence-corrected chi connectivity index (χ4v) is 4.66. The predicted octanol–water partition coefficient (Wildman–Crippen LogP) is 1.97. The SMILES string of the molecule is O=C(CN1CCn2cccc2C1c1ccccc1)N1CCN(C(=O)C2CC2)CC1. The lowest BCUT2D eigenvalue weighted by Gasteiger charge is -2.39. The first kappa shape index (κ1) is 18.4. The second kappa shape index (κ2) is 7.67. The first-order chi connectivity index (χ1) is 14.2. The highest BCUT2D eigenvalue weighted by Crippen LogP contribution is 2.33. The maximum atomic E-state index is 13.1. The number of hydrogen-bond donors (Lipinski definition) is 0. The van der Waals surface area contributed by atoms with Crippen LogP contribution in [0, 0.1) is 5.92 Å². The second-order valence-corrected chi connectivity index (χ2v) is 8.39. The van der Waals surface area contributed by atoms with E-state index in [0.717, 1.165) is 25.9 Å². The number of benzene rings is 1. The Bertz CT molecular complexity index is 881. The van der Waals surface area contributed by atoms with E-state index in [0.29, 0.717) is 32.7 Å². The topological polar surface area (TPSA) is 48.8 Å². The smallest absolute Gasteiger partial charge is 0.236 e. The van der Waals surface area contributed by atoms with Crippen LogP contribution in [-0.4, -0.2) is 70.3 Å². The number of hydrogen-bond acceptors (Lipinski definition) is 3. The van der Waals surface area contributed by atoms with Gasteiger partial charge in [-0.25, -0.2) is 0 Å². The van der Waals surface area contributed by atoms with E-state index in [9.17, 15) is 9.59 Å². The van der Waals surface area contributed by atoms with E-state index in [-0.39, 0.29) is 23.8 Å². The molecule has 2 aliphatic heterocycles. The number of nitrogens with zero attached hydrogens (tertiary/aromatic N) is 4. The fraction of sp³-hybridized carbons (Fsp3) is 0.478. The Labute approximate surface area is 171 Å². The van der Waals surface area contributed by atoms with E-state index in [4.69, 9.17) is 0 Å². The third-order valence-electron chi connectivity index (χ3n) is 6.46. The quantitative estimate of drug-likeness (QED) is 0.799. The van der Waals surface area contributed by atoms with Gasteiger partial charge < -0.3 is 14.4 Å². The van der Waals surface area contributed by atoms with Gasteiger partial charge in [-0.15, -0.1) is 0 Å². The van der Waals surface area contributed by atoms with Crippen molar-refractivity contribution in [1.29, 1.82) is 0 Å². The van der Waals surface area contributed by atoms with Crippen LogP contribution < -0.4 is 0 Å². The molecule has 6 heteroatoms.